The maximum Gasteiger partial charge on any atom is 0.282 e. The van der Waals surface area contributed by atoms with E-state index in [0.29, 0.717) is 29.3 Å². The van der Waals surface area contributed by atoms with Gasteiger partial charge in [0.25, 0.3) is 5.69 Å². The van der Waals surface area contributed by atoms with Crippen LogP contribution >= 0.6 is 0 Å². The highest BCUT2D eigenvalue weighted by molar-refractivity contribution is 6.03. The fourth-order valence-corrected chi connectivity index (χ4v) is 4.16. The van der Waals surface area contributed by atoms with Gasteiger partial charge in [-0.15, -0.1) is 0 Å². The van der Waals surface area contributed by atoms with Gasteiger partial charge in [0.1, 0.15) is 12.4 Å². The van der Waals surface area contributed by atoms with E-state index in [1.54, 1.807) is 12.1 Å². The SMILES string of the molecule is CN(C)CCCN(C)c1ccc(C(=O)Cc2[nH]nc3ccc(OCc4ccccc4)cc23)c([N+](=O)[O-])c1. The number of aromatic amines is 1. The number of H-pyrrole nitrogens is 1. The third kappa shape index (κ3) is 6.50. The van der Waals surface area contributed by atoms with Crippen LogP contribution in [0.1, 0.15) is 28.0 Å². The minimum atomic E-state index is -0.495. The summed E-state index contributed by atoms with van der Waals surface area (Å²) in [6, 6.07) is 20.1. The second-order valence-corrected chi connectivity index (χ2v) is 9.29. The van der Waals surface area contributed by atoms with Gasteiger partial charge < -0.3 is 14.5 Å². The van der Waals surface area contributed by atoms with Crippen molar-refractivity contribution in [3.8, 4) is 5.75 Å². The molecule has 1 N–H and O–H groups in total. The molecule has 4 rings (SSSR count). The van der Waals surface area contributed by atoms with E-state index in [2.05, 4.69) is 15.1 Å². The first-order valence-corrected chi connectivity index (χ1v) is 12.1. The van der Waals surface area contributed by atoms with Crippen LogP contribution in [-0.4, -0.2) is 60.0 Å². The highest BCUT2D eigenvalue weighted by Crippen LogP contribution is 2.28. The number of benzene rings is 3. The summed E-state index contributed by atoms with van der Waals surface area (Å²) >= 11 is 0. The average Bonchev–Trinajstić information content (AvgIpc) is 3.29. The molecule has 0 bridgehead atoms. The molecule has 37 heavy (non-hydrogen) atoms. The third-order valence-corrected chi connectivity index (χ3v) is 6.21. The Labute approximate surface area is 215 Å². The van der Waals surface area contributed by atoms with Gasteiger partial charge in [-0.3, -0.25) is 20.0 Å². The molecule has 4 aromatic rings. The number of hydrogen-bond donors (Lipinski definition) is 1. The molecule has 0 amide bonds. The number of hydrogen-bond acceptors (Lipinski definition) is 7. The highest BCUT2D eigenvalue weighted by atomic mass is 16.6. The second kappa shape index (κ2) is 11.7. The van der Waals surface area contributed by atoms with E-state index in [1.807, 2.05) is 74.6 Å². The van der Waals surface area contributed by atoms with Gasteiger partial charge in [-0.25, -0.2) is 0 Å². The van der Waals surface area contributed by atoms with E-state index in [-0.39, 0.29) is 23.5 Å². The number of nitrogens with zero attached hydrogens (tertiary/aromatic N) is 4. The first-order chi connectivity index (χ1) is 17.8. The zero-order valence-electron chi connectivity index (χ0n) is 21.3. The van der Waals surface area contributed by atoms with Crippen molar-refractivity contribution in [1.82, 2.24) is 15.1 Å². The molecular weight excluding hydrogens is 470 g/mol. The summed E-state index contributed by atoms with van der Waals surface area (Å²) in [6.07, 6.45) is 0.874. The molecule has 0 aliphatic heterocycles. The Morgan fingerprint density at radius 2 is 1.81 bits per heavy atom. The summed E-state index contributed by atoms with van der Waals surface area (Å²) in [7, 11) is 5.91. The second-order valence-electron chi connectivity index (χ2n) is 9.29. The van der Waals surface area contributed by atoms with Crippen LogP contribution in [0.3, 0.4) is 0 Å². The van der Waals surface area contributed by atoms with Crippen molar-refractivity contribution >= 4 is 28.1 Å². The van der Waals surface area contributed by atoms with E-state index in [4.69, 9.17) is 4.74 Å². The number of nitrogens with one attached hydrogen (secondary N) is 1. The van der Waals surface area contributed by atoms with Crippen molar-refractivity contribution in [1.29, 1.82) is 0 Å². The smallest absolute Gasteiger partial charge is 0.282 e. The maximum absolute atomic E-state index is 13.2. The predicted octanol–water partition coefficient (Wildman–Crippen LogP) is 4.86. The molecular formula is C28H31N5O4. The standard InChI is InChI=1S/C28H31N5O4/c1-31(2)14-7-15-32(3)21-10-12-23(27(16-21)33(35)36)28(34)18-26-24-17-22(11-13-25(24)29-30-26)37-19-20-8-5-4-6-9-20/h4-6,8-13,16-17H,7,14-15,18-19H2,1-3H3,(H,29,30). The lowest BCUT2D eigenvalue weighted by Gasteiger charge is -2.20. The lowest BCUT2D eigenvalue weighted by atomic mass is 10.0. The third-order valence-electron chi connectivity index (χ3n) is 6.21. The van der Waals surface area contributed by atoms with Crippen molar-refractivity contribution in [2.24, 2.45) is 0 Å². The number of rotatable bonds is 12. The number of anilines is 1. The molecule has 9 heteroatoms. The van der Waals surface area contributed by atoms with Crippen LogP contribution in [0.25, 0.3) is 10.9 Å². The molecule has 0 fully saturated rings. The molecule has 3 aromatic carbocycles. The minimum absolute atomic E-state index is 0.0441. The first kappa shape index (κ1) is 25.8. The molecule has 192 valence electrons. The molecule has 0 unspecified atom stereocenters. The number of ether oxygens (including phenoxy) is 1. The monoisotopic (exact) mass is 501 g/mol. The van der Waals surface area contributed by atoms with E-state index in [9.17, 15) is 14.9 Å². The van der Waals surface area contributed by atoms with Gasteiger partial charge in [0.05, 0.1) is 28.1 Å². The Kier molecular flexibility index (Phi) is 8.15. The Morgan fingerprint density at radius 3 is 2.54 bits per heavy atom. The van der Waals surface area contributed by atoms with Gasteiger partial charge in [0, 0.05) is 30.7 Å². The van der Waals surface area contributed by atoms with Crippen LogP contribution in [0.2, 0.25) is 0 Å². The Hall–Kier alpha value is -4.24. The average molecular weight is 502 g/mol. The molecule has 0 aliphatic carbocycles. The van der Waals surface area contributed by atoms with Crippen molar-refractivity contribution in [2.45, 2.75) is 19.4 Å². The van der Waals surface area contributed by atoms with Crippen molar-refractivity contribution in [2.75, 3.05) is 39.1 Å². The van der Waals surface area contributed by atoms with Crippen LogP contribution in [-0.2, 0) is 13.0 Å². The number of ketones is 1. The van der Waals surface area contributed by atoms with Crippen molar-refractivity contribution in [3.05, 3.63) is 93.7 Å². The molecule has 0 radical (unpaired) electrons. The summed E-state index contributed by atoms with van der Waals surface area (Å²) in [6.45, 7) is 2.08. The van der Waals surface area contributed by atoms with Gasteiger partial charge in [0.2, 0.25) is 0 Å². The summed E-state index contributed by atoms with van der Waals surface area (Å²) in [5.41, 5.74) is 2.91. The first-order valence-electron chi connectivity index (χ1n) is 12.1. The number of aromatic nitrogens is 2. The predicted molar refractivity (Wildman–Crippen MR) is 144 cm³/mol. The van der Waals surface area contributed by atoms with Gasteiger partial charge in [-0.2, -0.15) is 5.10 Å². The van der Waals surface area contributed by atoms with Gasteiger partial charge in [-0.1, -0.05) is 30.3 Å². The summed E-state index contributed by atoms with van der Waals surface area (Å²) in [4.78, 5) is 28.6. The zero-order valence-corrected chi connectivity index (χ0v) is 21.3. The van der Waals surface area contributed by atoms with Crippen molar-refractivity contribution in [3.63, 3.8) is 0 Å². The molecule has 0 atom stereocenters. The van der Waals surface area contributed by atoms with Crippen LogP contribution in [0.4, 0.5) is 11.4 Å². The number of nitro benzene ring substituents is 1. The molecule has 9 nitrogen and oxygen atoms in total. The molecule has 0 saturated carbocycles. The largest absolute Gasteiger partial charge is 0.489 e. The lowest BCUT2D eigenvalue weighted by molar-refractivity contribution is -0.385. The quantitative estimate of drug-likeness (QED) is 0.168. The lowest BCUT2D eigenvalue weighted by Crippen LogP contribution is -2.23. The molecule has 0 saturated heterocycles. The summed E-state index contributed by atoms with van der Waals surface area (Å²) < 4.78 is 5.92. The molecule has 0 aliphatic rings. The van der Waals surface area contributed by atoms with Crippen LogP contribution in [0, 0.1) is 10.1 Å². The van der Waals surface area contributed by atoms with E-state index >= 15 is 0 Å². The van der Waals surface area contributed by atoms with E-state index in [0.717, 1.165) is 30.5 Å². The number of carbonyl (C=O) groups excluding carboxylic acids is 1. The fourth-order valence-electron chi connectivity index (χ4n) is 4.16. The Balaban J connectivity index is 1.50. The summed E-state index contributed by atoms with van der Waals surface area (Å²) in [5, 5.41) is 19.8. The van der Waals surface area contributed by atoms with E-state index < -0.39 is 4.92 Å². The van der Waals surface area contributed by atoms with Gasteiger partial charge in [0.15, 0.2) is 5.78 Å². The Morgan fingerprint density at radius 1 is 1.03 bits per heavy atom. The van der Waals surface area contributed by atoms with Crippen molar-refractivity contribution < 1.29 is 14.5 Å². The number of Topliss-reactive ketones (excluding diaryl/α,β-unsaturated/α-hetero) is 1. The van der Waals surface area contributed by atoms with Crippen LogP contribution in [0.15, 0.2) is 66.7 Å². The van der Waals surface area contributed by atoms with Crippen LogP contribution in [0.5, 0.6) is 5.75 Å². The van der Waals surface area contributed by atoms with E-state index in [1.165, 1.54) is 6.07 Å². The highest BCUT2D eigenvalue weighted by Gasteiger charge is 2.23. The molecule has 0 spiro atoms. The maximum atomic E-state index is 13.2. The topological polar surface area (TPSA) is 105 Å². The Bertz CT molecular complexity index is 1380. The normalized spacial score (nSPS) is 11.1. The van der Waals surface area contributed by atoms with Gasteiger partial charge in [-0.05, 0) is 63.0 Å². The van der Waals surface area contributed by atoms with Gasteiger partial charge >= 0.3 is 0 Å². The fraction of sp³-hybridized carbons (Fsp3) is 0.286. The minimum Gasteiger partial charge on any atom is -0.489 e. The molecule has 1 aromatic heterocycles. The van der Waals surface area contributed by atoms with Crippen LogP contribution < -0.4 is 9.64 Å². The number of fused-ring (bicyclic) bond motifs is 1. The molecule has 1 heterocycles. The number of nitro groups is 1. The zero-order chi connectivity index (χ0) is 26.4. The number of carbonyl (C=O) groups is 1. The summed E-state index contributed by atoms with van der Waals surface area (Å²) in [5.74, 6) is 0.300.